The molecule has 3 atom stereocenters. The SMILES string of the molecule is CC(C)(C)C1CCC(=O)C(CC(O)CO)C1. The van der Waals surface area contributed by atoms with Gasteiger partial charge >= 0.3 is 0 Å². The van der Waals surface area contributed by atoms with Gasteiger partial charge in [0.05, 0.1) is 12.7 Å². The number of hydrogen-bond acceptors (Lipinski definition) is 3. The Morgan fingerprint density at radius 1 is 1.44 bits per heavy atom. The number of hydrogen-bond donors (Lipinski definition) is 2. The van der Waals surface area contributed by atoms with Crippen molar-refractivity contribution in [1.82, 2.24) is 0 Å². The van der Waals surface area contributed by atoms with Gasteiger partial charge in [-0.2, -0.15) is 0 Å². The molecule has 0 radical (unpaired) electrons. The van der Waals surface area contributed by atoms with Crippen molar-refractivity contribution in [3.63, 3.8) is 0 Å². The highest BCUT2D eigenvalue weighted by atomic mass is 16.3. The fourth-order valence-electron chi connectivity index (χ4n) is 2.53. The first kappa shape index (κ1) is 13.7. The molecule has 1 aliphatic carbocycles. The number of rotatable bonds is 3. The van der Waals surface area contributed by atoms with E-state index in [-0.39, 0.29) is 23.7 Å². The maximum absolute atomic E-state index is 11.7. The van der Waals surface area contributed by atoms with Crippen LogP contribution < -0.4 is 0 Å². The second kappa shape index (κ2) is 5.28. The van der Waals surface area contributed by atoms with E-state index in [1.54, 1.807) is 0 Å². The average molecular weight is 228 g/mol. The van der Waals surface area contributed by atoms with Crippen molar-refractivity contribution < 1.29 is 15.0 Å². The molecule has 94 valence electrons. The maximum Gasteiger partial charge on any atom is 0.136 e. The molecule has 16 heavy (non-hydrogen) atoms. The lowest BCUT2D eigenvalue weighted by Gasteiger charge is -2.37. The topological polar surface area (TPSA) is 57.5 Å². The van der Waals surface area contributed by atoms with E-state index in [1.807, 2.05) is 0 Å². The molecule has 0 saturated heterocycles. The highest BCUT2D eigenvalue weighted by Gasteiger charge is 2.35. The number of aliphatic hydroxyl groups is 2. The van der Waals surface area contributed by atoms with Crippen LogP contribution in [-0.4, -0.2) is 28.7 Å². The molecule has 1 rings (SSSR count). The summed E-state index contributed by atoms with van der Waals surface area (Å²) in [6, 6.07) is 0. The van der Waals surface area contributed by atoms with E-state index >= 15 is 0 Å². The molecule has 0 bridgehead atoms. The summed E-state index contributed by atoms with van der Waals surface area (Å²) >= 11 is 0. The second-order valence-corrected chi connectivity index (χ2v) is 6.07. The lowest BCUT2D eigenvalue weighted by atomic mass is 9.68. The van der Waals surface area contributed by atoms with Crippen molar-refractivity contribution in [2.24, 2.45) is 17.3 Å². The minimum absolute atomic E-state index is 0.0554. The molecule has 0 aromatic carbocycles. The summed E-state index contributed by atoms with van der Waals surface area (Å²) < 4.78 is 0. The van der Waals surface area contributed by atoms with Crippen LogP contribution in [0.2, 0.25) is 0 Å². The van der Waals surface area contributed by atoms with Gasteiger partial charge in [0.2, 0.25) is 0 Å². The van der Waals surface area contributed by atoms with Crippen LogP contribution in [0, 0.1) is 17.3 Å². The Morgan fingerprint density at radius 3 is 2.56 bits per heavy atom. The molecule has 3 heteroatoms. The van der Waals surface area contributed by atoms with Crippen molar-refractivity contribution in [2.75, 3.05) is 6.61 Å². The van der Waals surface area contributed by atoms with Crippen LogP contribution in [0.5, 0.6) is 0 Å². The largest absolute Gasteiger partial charge is 0.394 e. The smallest absolute Gasteiger partial charge is 0.136 e. The van der Waals surface area contributed by atoms with Gasteiger partial charge in [-0.25, -0.2) is 0 Å². The first-order valence-electron chi connectivity index (χ1n) is 6.16. The van der Waals surface area contributed by atoms with Gasteiger partial charge in [0.1, 0.15) is 5.78 Å². The molecule has 0 aromatic heterocycles. The van der Waals surface area contributed by atoms with E-state index < -0.39 is 6.10 Å². The molecule has 3 nitrogen and oxygen atoms in total. The van der Waals surface area contributed by atoms with Crippen LogP contribution in [0.15, 0.2) is 0 Å². The number of aliphatic hydroxyl groups excluding tert-OH is 2. The van der Waals surface area contributed by atoms with Gasteiger partial charge in [0, 0.05) is 12.3 Å². The average Bonchev–Trinajstić information content (AvgIpc) is 2.19. The molecular weight excluding hydrogens is 204 g/mol. The molecule has 0 heterocycles. The van der Waals surface area contributed by atoms with Crippen molar-refractivity contribution in [1.29, 1.82) is 0 Å². The number of Topliss-reactive ketones (excluding diaryl/α,β-unsaturated/α-hetero) is 1. The lowest BCUT2D eigenvalue weighted by molar-refractivity contribution is -0.128. The molecule has 0 amide bonds. The van der Waals surface area contributed by atoms with Crippen molar-refractivity contribution in [2.45, 2.75) is 52.6 Å². The second-order valence-electron chi connectivity index (χ2n) is 6.07. The van der Waals surface area contributed by atoms with Gasteiger partial charge in [-0.15, -0.1) is 0 Å². The zero-order chi connectivity index (χ0) is 12.3. The van der Waals surface area contributed by atoms with E-state index in [1.165, 1.54) is 0 Å². The first-order chi connectivity index (χ1) is 7.34. The number of carbonyl (C=O) groups is 1. The van der Waals surface area contributed by atoms with Crippen LogP contribution in [0.3, 0.4) is 0 Å². The monoisotopic (exact) mass is 228 g/mol. The first-order valence-corrected chi connectivity index (χ1v) is 6.16. The van der Waals surface area contributed by atoms with Gasteiger partial charge in [0.25, 0.3) is 0 Å². The van der Waals surface area contributed by atoms with Crippen molar-refractivity contribution in [3.05, 3.63) is 0 Å². The number of ketones is 1. The fourth-order valence-corrected chi connectivity index (χ4v) is 2.53. The Kier molecular flexibility index (Phi) is 4.51. The van der Waals surface area contributed by atoms with Gasteiger partial charge in [-0.05, 0) is 30.6 Å². The lowest BCUT2D eigenvalue weighted by Crippen LogP contribution is -2.34. The van der Waals surface area contributed by atoms with E-state index in [2.05, 4.69) is 20.8 Å². The quantitative estimate of drug-likeness (QED) is 0.774. The molecule has 3 unspecified atom stereocenters. The van der Waals surface area contributed by atoms with E-state index in [0.29, 0.717) is 18.8 Å². The minimum atomic E-state index is -0.743. The zero-order valence-corrected chi connectivity index (χ0v) is 10.6. The van der Waals surface area contributed by atoms with Gasteiger partial charge in [-0.1, -0.05) is 20.8 Å². The highest BCUT2D eigenvalue weighted by Crippen LogP contribution is 2.40. The molecule has 1 aliphatic rings. The minimum Gasteiger partial charge on any atom is -0.394 e. The van der Waals surface area contributed by atoms with Crippen molar-refractivity contribution >= 4 is 5.78 Å². The molecule has 1 fully saturated rings. The van der Waals surface area contributed by atoms with Gasteiger partial charge < -0.3 is 10.2 Å². The Balaban J connectivity index is 2.58. The van der Waals surface area contributed by atoms with Crippen LogP contribution >= 0.6 is 0 Å². The summed E-state index contributed by atoms with van der Waals surface area (Å²) in [6.45, 7) is 6.36. The van der Waals surface area contributed by atoms with Gasteiger partial charge in [-0.3, -0.25) is 4.79 Å². The third kappa shape index (κ3) is 3.56. The Labute approximate surface area is 97.9 Å². The fraction of sp³-hybridized carbons (Fsp3) is 0.923. The third-order valence-corrected chi connectivity index (χ3v) is 3.76. The molecule has 2 N–H and O–H groups in total. The maximum atomic E-state index is 11.7. The van der Waals surface area contributed by atoms with E-state index in [0.717, 1.165) is 12.8 Å². The van der Waals surface area contributed by atoms with Crippen LogP contribution in [0.1, 0.15) is 46.5 Å². The molecular formula is C13H24O3. The Bertz CT molecular complexity index is 242. The summed E-state index contributed by atoms with van der Waals surface area (Å²) in [5.41, 5.74) is 0.225. The van der Waals surface area contributed by atoms with Crippen LogP contribution in [0.4, 0.5) is 0 Å². The Hall–Kier alpha value is -0.410. The summed E-state index contributed by atoms with van der Waals surface area (Å²) in [7, 11) is 0. The van der Waals surface area contributed by atoms with Crippen LogP contribution in [-0.2, 0) is 4.79 Å². The zero-order valence-electron chi connectivity index (χ0n) is 10.6. The summed E-state index contributed by atoms with van der Waals surface area (Å²) in [6.07, 6.45) is 2.13. The summed E-state index contributed by atoms with van der Waals surface area (Å²) in [5, 5.41) is 18.2. The Morgan fingerprint density at radius 2 is 2.06 bits per heavy atom. The van der Waals surface area contributed by atoms with Gasteiger partial charge in [0.15, 0.2) is 0 Å². The number of carbonyl (C=O) groups excluding carboxylic acids is 1. The molecule has 0 spiro atoms. The molecule has 1 saturated carbocycles. The predicted molar refractivity (Wildman–Crippen MR) is 63.0 cm³/mol. The third-order valence-electron chi connectivity index (χ3n) is 3.76. The summed E-state index contributed by atoms with van der Waals surface area (Å²) in [4.78, 5) is 11.7. The van der Waals surface area contributed by atoms with Crippen molar-refractivity contribution in [3.8, 4) is 0 Å². The van der Waals surface area contributed by atoms with E-state index in [9.17, 15) is 9.90 Å². The highest BCUT2D eigenvalue weighted by molar-refractivity contribution is 5.81. The molecule has 0 aromatic rings. The van der Waals surface area contributed by atoms with Crippen LogP contribution in [0.25, 0.3) is 0 Å². The molecule has 0 aliphatic heterocycles. The standard InChI is InChI=1S/C13H24O3/c1-13(2,3)10-4-5-12(16)9(6-10)7-11(15)8-14/h9-11,14-15H,4-8H2,1-3H3. The van der Waals surface area contributed by atoms with E-state index in [4.69, 9.17) is 5.11 Å². The predicted octanol–water partition coefficient (Wildman–Crippen LogP) is 1.76. The normalized spacial score (nSPS) is 29.2. The summed E-state index contributed by atoms with van der Waals surface area (Å²) in [5.74, 6) is 0.745.